The van der Waals surface area contributed by atoms with Gasteiger partial charge in [0.1, 0.15) is 18.1 Å². The van der Waals surface area contributed by atoms with E-state index in [1.165, 1.54) is 17.1 Å². The molecule has 7 nitrogen and oxygen atoms in total. The number of fused-ring (bicyclic) bond motifs is 1. The molecule has 0 saturated carbocycles. The lowest BCUT2D eigenvalue weighted by Crippen LogP contribution is -2.26. The molecular formula is C19H19N5O2. The maximum absolute atomic E-state index is 13.1. The molecule has 3 aromatic rings. The van der Waals surface area contributed by atoms with Crippen LogP contribution in [0.15, 0.2) is 29.5 Å². The molecule has 3 aromatic heterocycles. The van der Waals surface area contributed by atoms with E-state index in [-0.39, 0.29) is 28.8 Å². The molecule has 0 radical (unpaired) electrons. The van der Waals surface area contributed by atoms with Gasteiger partial charge in [0.2, 0.25) is 0 Å². The summed E-state index contributed by atoms with van der Waals surface area (Å²) in [5.41, 5.74) is 1.23. The first-order valence-electron chi connectivity index (χ1n) is 8.36. The quantitative estimate of drug-likeness (QED) is 0.779. The maximum Gasteiger partial charge on any atom is 0.278 e. The number of aromatic hydroxyl groups is 1. The SMILES string of the molecule is CC(C)c1ncnc(C(C)C)c1-n1c(=O)c(C#N)c(O)c2cccnc21. The Bertz CT molecular complexity index is 1070. The largest absolute Gasteiger partial charge is 0.506 e. The van der Waals surface area contributed by atoms with Crippen molar-refractivity contribution >= 4 is 11.0 Å². The van der Waals surface area contributed by atoms with E-state index in [0.29, 0.717) is 22.5 Å². The zero-order valence-electron chi connectivity index (χ0n) is 15.1. The van der Waals surface area contributed by atoms with Crippen LogP contribution in [0, 0.1) is 11.3 Å². The van der Waals surface area contributed by atoms with Crippen molar-refractivity contribution in [3.63, 3.8) is 0 Å². The van der Waals surface area contributed by atoms with Gasteiger partial charge in [-0.05, 0) is 24.0 Å². The zero-order chi connectivity index (χ0) is 19.0. The van der Waals surface area contributed by atoms with Crippen LogP contribution in [0.2, 0.25) is 0 Å². The summed E-state index contributed by atoms with van der Waals surface area (Å²) in [5.74, 6) is -0.308. The fourth-order valence-corrected chi connectivity index (χ4v) is 2.99. The van der Waals surface area contributed by atoms with Crippen molar-refractivity contribution in [2.75, 3.05) is 0 Å². The van der Waals surface area contributed by atoms with E-state index in [1.807, 2.05) is 33.8 Å². The average Bonchev–Trinajstić information content (AvgIpc) is 2.62. The van der Waals surface area contributed by atoms with E-state index >= 15 is 0 Å². The second-order valence-corrected chi connectivity index (χ2v) is 6.65. The number of hydrogen-bond acceptors (Lipinski definition) is 6. The van der Waals surface area contributed by atoms with Crippen molar-refractivity contribution in [3.8, 4) is 17.5 Å². The Balaban J connectivity index is 2.60. The number of pyridine rings is 2. The molecule has 3 rings (SSSR count). The Hall–Kier alpha value is -3.27. The van der Waals surface area contributed by atoms with Crippen molar-refractivity contribution in [1.29, 1.82) is 5.26 Å². The van der Waals surface area contributed by atoms with Gasteiger partial charge >= 0.3 is 0 Å². The maximum atomic E-state index is 13.1. The van der Waals surface area contributed by atoms with Gasteiger partial charge in [-0.2, -0.15) is 5.26 Å². The van der Waals surface area contributed by atoms with Crippen LogP contribution in [0.3, 0.4) is 0 Å². The molecular weight excluding hydrogens is 330 g/mol. The number of aromatic nitrogens is 4. The first-order chi connectivity index (χ1) is 12.4. The second-order valence-electron chi connectivity index (χ2n) is 6.65. The lowest BCUT2D eigenvalue weighted by atomic mass is 10.0. The molecule has 26 heavy (non-hydrogen) atoms. The molecule has 0 fully saturated rings. The highest BCUT2D eigenvalue weighted by Crippen LogP contribution is 2.31. The van der Waals surface area contributed by atoms with Gasteiger partial charge in [0.05, 0.1) is 22.5 Å². The highest BCUT2D eigenvalue weighted by molar-refractivity contribution is 5.85. The van der Waals surface area contributed by atoms with Crippen LogP contribution in [-0.2, 0) is 0 Å². The molecule has 132 valence electrons. The van der Waals surface area contributed by atoms with Crippen LogP contribution in [0.25, 0.3) is 16.7 Å². The molecule has 0 aliphatic rings. The van der Waals surface area contributed by atoms with Crippen molar-refractivity contribution in [2.45, 2.75) is 39.5 Å². The molecule has 0 atom stereocenters. The van der Waals surface area contributed by atoms with Gasteiger partial charge in [0, 0.05) is 6.20 Å². The van der Waals surface area contributed by atoms with Gasteiger partial charge in [-0.15, -0.1) is 0 Å². The Labute approximate surface area is 150 Å². The summed E-state index contributed by atoms with van der Waals surface area (Å²) in [5, 5.41) is 20.1. The Morgan fingerprint density at radius 1 is 1.12 bits per heavy atom. The summed E-state index contributed by atoms with van der Waals surface area (Å²) in [6, 6.07) is 5.08. The van der Waals surface area contributed by atoms with Crippen LogP contribution in [0.1, 0.15) is 56.5 Å². The first-order valence-corrected chi connectivity index (χ1v) is 8.36. The molecule has 1 N–H and O–H groups in total. The number of nitriles is 1. The van der Waals surface area contributed by atoms with Crippen molar-refractivity contribution in [1.82, 2.24) is 19.5 Å². The van der Waals surface area contributed by atoms with E-state index < -0.39 is 5.56 Å². The van der Waals surface area contributed by atoms with Crippen LogP contribution >= 0.6 is 0 Å². The molecule has 0 aromatic carbocycles. The van der Waals surface area contributed by atoms with E-state index in [4.69, 9.17) is 0 Å². The third-order valence-corrected chi connectivity index (χ3v) is 4.22. The molecule has 0 spiro atoms. The number of nitrogens with zero attached hydrogens (tertiary/aromatic N) is 5. The summed E-state index contributed by atoms with van der Waals surface area (Å²) in [6.07, 6.45) is 3.03. The third kappa shape index (κ3) is 2.60. The fourth-order valence-electron chi connectivity index (χ4n) is 2.99. The predicted octanol–water partition coefficient (Wildman–Crippen LogP) is 3.00. The molecule has 0 bridgehead atoms. The summed E-state index contributed by atoms with van der Waals surface area (Å²) < 4.78 is 1.36. The second kappa shape index (κ2) is 6.56. The van der Waals surface area contributed by atoms with E-state index in [2.05, 4.69) is 15.0 Å². The highest BCUT2D eigenvalue weighted by atomic mass is 16.3. The monoisotopic (exact) mass is 349 g/mol. The first kappa shape index (κ1) is 17.5. The van der Waals surface area contributed by atoms with Gasteiger partial charge in [0.15, 0.2) is 11.2 Å². The molecule has 0 aliphatic carbocycles. The van der Waals surface area contributed by atoms with Crippen LogP contribution < -0.4 is 5.56 Å². The Morgan fingerprint density at radius 3 is 2.27 bits per heavy atom. The van der Waals surface area contributed by atoms with Gasteiger partial charge < -0.3 is 5.11 Å². The normalized spacial score (nSPS) is 11.3. The van der Waals surface area contributed by atoms with Crippen LogP contribution in [-0.4, -0.2) is 24.6 Å². The van der Waals surface area contributed by atoms with Gasteiger partial charge in [0.25, 0.3) is 5.56 Å². The van der Waals surface area contributed by atoms with E-state index in [9.17, 15) is 15.2 Å². The molecule has 0 saturated heterocycles. The van der Waals surface area contributed by atoms with Crippen LogP contribution in [0.5, 0.6) is 5.75 Å². The summed E-state index contributed by atoms with van der Waals surface area (Å²) in [4.78, 5) is 26.1. The van der Waals surface area contributed by atoms with Crippen molar-refractivity contribution in [2.24, 2.45) is 0 Å². The minimum atomic E-state index is -0.630. The third-order valence-electron chi connectivity index (χ3n) is 4.22. The standard InChI is InChI=1S/C19H19N5O2/c1-10(2)14-16(15(11(3)4)23-9-22-14)24-18-12(6-5-7-21-18)17(25)13(8-20)19(24)26/h5-7,9-11,25H,1-4H3. The van der Waals surface area contributed by atoms with Crippen molar-refractivity contribution < 1.29 is 5.11 Å². The number of hydrogen-bond donors (Lipinski definition) is 1. The zero-order valence-corrected chi connectivity index (χ0v) is 15.1. The minimum absolute atomic E-state index is 0.0236. The molecule has 0 amide bonds. The average molecular weight is 349 g/mol. The molecule has 0 aliphatic heterocycles. The highest BCUT2D eigenvalue weighted by Gasteiger charge is 2.24. The van der Waals surface area contributed by atoms with Crippen LogP contribution in [0.4, 0.5) is 0 Å². The summed E-state index contributed by atoms with van der Waals surface area (Å²) in [6.45, 7) is 7.90. The van der Waals surface area contributed by atoms with E-state index in [0.717, 1.165) is 0 Å². The van der Waals surface area contributed by atoms with Gasteiger partial charge in [-0.3, -0.25) is 9.36 Å². The summed E-state index contributed by atoms with van der Waals surface area (Å²) >= 11 is 0. The molecule has 0 unspecified atom stereocenters. The molecule has 7 heteroatoms. The van der Waals surface area contributed by atoms with E-state index in [1.54, 1.807) is 12.1 Å². The number of rotatable bonds is 3. The lowest BCUT2D eigenvalue weighted by molar-refractivity contribution is 0.478. The molecule has 3 heterocycles. The van der Waals surface area contributed by atoms with Gasteiger partial charge in [-0.1, -0.05) is 27.7 Å². The van der Waals surface area contributed by atoms with Gasteiger partial charge in [-0.25, -0.2) is 15.0 Å². The Kier molecular flexibility index (Phi) is 4.43. The fraction of sp³-hybridized carbons (Fsp3) is 0.316. The topological polar surface area (TPSA) is 105 Å². The Morgan fingerprint density at radius 2 is 1.73 bits per heavy atom. The predicted molar refractivity (Wildman–Crippen MR) is 97.5 cm³/mol. The lowest BCUT2D eigenvalue weighted by Gasteiger charge is -2.20. The smallest absolute Gasteiger partial charge is 0.278 e. The van der Waals surface area contributed by atoms with Crippen molar-refractivity contribution in [3.05, 3.63) is 52.0 Å². The minimum Gasteiger partial charge on any atom is -0.506 e. The summed E-state index contributed by atoms with van der Waals surface area (Å²) in [7, 11) is 0.